The van der Waals surface area contributed by atoms with Gasteiger partial charge in [0.15, 0.2) is 0 Å². The Balaban J connectivity index is 1.44. The highest BCUT2D eigenvalue weighted by atomic mass is 19.1. The molecule has 3 amide bonds. The fraction of sp³-hybridized carbons (Fsp3) is 0.545. The first-order valence-corrected chi connectivity index (χ1v) is 10.6. The molecular weight excluding hydrogens is 389 g/mol. The molecule has 3 rings (SSSR count). The van der Waals surface area contributed by atoms with E-state index in [9.17, 15) is 19.1 Å². The van der Waals surface area contributed by atoms with Crippen LogP contribution in [0.1, 0.15) is 44.1 Å². The van der Waals surface area contributed by atoms with E-state index in [2.05, 4.69) is 16.0 Å². The Morgan fingerprint density at radius 3 is 2.50 bits per heavy atom. The molecule has 1 aliphatic carbocycles. The molecular formula is C22H30FN3O4. The van der Waals surface area contributed by atoms with E-state index in [1.807, 2.05) is 0 Å². The van der Waals surface area contributed by atoms with E-state index in [0.29, 0.717) is 6.54 Å². The summed E-state index contributed by atoms with van der Waals surface area (Å²) in [6.45, 7) is 0.0247. The van der Waals surface area contributed by atoms with Crippen LogP contribution in [0.15, 0.2) is 36.4 Å². The lowest BCUT2D eigenvalue weighted by Gasteiger charge is -2.32. The molecule has 0 aromatic heterocycles. The van der Waals surface area contributed by atoms with Gasteiger partial charge in [-0.25, -0.2) is 9.18 Å². The number of hydrogen-bond donors (Lipinski definition) is 4. The second-order valence-corrected chi connectivity index (χ2v) is 7.87. The summed E-state index contributed by atoms with van der Waals surface area (Å²) < 4.78 is 18.7. The van der Waals surface area contributed by atoms with E-state index >= 15 is 0 Å². The molecule has 0 unspecified atom stereocenters. The Morgan fingerprint density at radius 2 is 1.80 bits per heavy atom. The van der Waals surface area contributed by atoms with Gasteiger partial charge in [0.1, 0.15) is 11.9 Å². The van der Waals surface area contributed by atoms with Crippen molar-refractivity contribution in [1.29, 1.82) is 0 Å². The van der Waals surface area contributed by atoms with Gasteiger partial charge in [0.2, 0.25) is 5.91 Å². The summed E-state index contributed by atoms with van der Waals surface area (Å²) in [5.74, 6) is -0.538. The minimum absolute atomic E-state index is 0.0924. The summed E-state index contributed by atoms with van der Waals surface area (Å²) in [6.07, 6.45) is 7.92. The maximum Gasteiger partial charge on any atom is 0.315 e. The zero-order valence-electron chi connectivity index (χ0n) is 17.0. The topological polar surface area (TPSA) is 99.7 Å². The van der Waals surface area contributed by atoms with Gasteiger partial charge >= 0.3 is 6.03 Å². The number of carbonyl (C=O) groups excluding carboxylic acids is 2. The number of halogens is 1. The molecule has 1 aliphatic heterocycles. The summed E-state index contributed by atoms with van der Waals surface area (Å²) in [5.41, 5.74) is 0.798. The van der Waals surface area contributed by atoms with Crippen molar-refractivity contribution in [3.63, 3.8) is 0 Å². The monoisotopic (exact) mass is 419 g/mol. The molecule has 1 heterocycles. The average Bonchev–Trinajstić information content (AvgIpc) is 2.75. The molecule has 1 aromatic rings. The molecule has 8 heteroatoms. The molecule has 1 aromatic carbocycles. The van der Waals surface area contributed by atoms with E-state index < -0.39 is 18.2 Å². The second-order valence-electron chi connectivity index (χ2n) is 7.87. The quantitative estimate of drug-likeness (QED) is 0.509. The molecule has 0 saturated heterocycles. The highest BCUT2D eigenvalue weighted by molar-refractivity contribution is 5.77. The number of urea groups is 1. The summed E-state index contributed by atoms with van der Waals surface area (Å²) in [5, 5.41) is 18.3. The number of nitrogens with one attached hydrogen (secondary N) is 3. The van der Waals surface area contributed by atoms with Crippen LogP contribution in [0.3, 0.4) is 0 Å². The first kappa shape index (κ1) is 22.2. The van der Waals surface area contributed by atoms with Gasteiger partial charge in [0.05, 0.1) is 25.2 Å². The van der Waals surface area contributed by atoms with Gasteiger partial charge in [0, 0.05) is 12.6 Å². The standard InChI is InChI=1S/C22H30FN3O4/c23-16-8-6-15(7-9-16)13-24-21(28)12-18-10-11-19(20(14-27)30-18)26-22(29)25-17-4-2-1-3-5-17/h6-11,17-20,27H,1-5,12-14H2,(H,24,28)(H2,25,26,29)/t18-,19+,20-/m0/s1. The van der Waals surface area contributed by atoms with Gasteiger partial charge in [0.25, 0.3) is 0 Å². The largest absolute Gasteiger partial charge is 0.394 e. The number of aliphatic hydroxyl groups excluding tert-OH is 1. The lowest BCUT2D eigenvalue weighted by atomic mass is 9.96. The smallest absolute Gasteiger partial charge is 0.315 e. The van der Waals surface area contributed by atoms with E-state index in [1.165, 1.54) is 18.6 Å². The lowest BCUT2D eigenvalue weighted by molar-refractivity contribution is -0.125. The maximum absolute atomic E-state index is 12.9. The van der Waals surface area contributed by atoms with E-state index in [-0.39, 0.29) is 36.8 Å². The molecule has 7 nitrogen and oxygen atoms in total. The molecule has 1 saturated carbocycles. The number of ether oxygens (including phenoxy) is 1. The molecule has 0 bridgehead atoms. The van der Waals surface area contributed by atoms with Crippen LogP contribution in [-0.4, -0.2) is 47.9 Å². The molecule has 4 N–H and O–H groups in total. The number of rotatable bonds is 7. The van der Waals surface area contributed by atoms with Crippen molar-refractivity contribution in [1.82, 2.24) is 16.0 Å². The first-order valence-electron chi connectivity index (χ1n) is 10.6. The third-order valence-corrected chi connectivity index (χ3v) is 5.49. The van der Waals surface area contributed by atoms with Gasteiger partial charge in [-0.3, -0.25) is 4.79 Å². The van der Waals surface area contributed by atoms with Crippen LogP contribution in [0.2, 0.25) is 0 Å². The Morgan fingerprint density at radius 1 is 1.07 bits per heavy atom. The number of carbonyl (C=O) groups is 2. The van der Waals surface area contributed by atoms with E-state index in [4.69, 9.17) is 4.74 Å². The maximum atomic E-state index is 12.9. The van der Waals surface area contributed by atoms with Crippen molar-refractivity contribution >= 4 is 11.9 Å². The molecule has 2 aliphatic rings. The fourth-order valence-electron chi connectivity index (χ4n) is 3.82. The summed E-state index contributed by atoms with van der Waals surface area (Å²) in [7, 11) is 0. The zero-order chi connectivity index (χ0) is 21.3. The number of aliphatic hydroxyl groups is 1. The van der Waals surface area contributed by atoms with Gasteiger partial charge in [-0.1, -0.05) is 43.5 Å². The fourth-order valence-corrected chi connectivity index (χ4v) is 3.82. The SMILES string of the molecule is O=C(C[C@@H]1C=C[C@@H](NC(=O)NC2CCCCC2)[C@H](CO)O1)NCc1ccc(F)cc1. The molecule has 30 heavy (non-hydrogen) atoms. The summed E-state index contributed by atoms with van der Waals surface area (Å²) in [6, 6.07) is 5.38. The summed E-state index contributed by atoms with van der Waals surface area (Å²) >= 11 is 0. The average molecular weight is 419 g/mol. The first-order chi connectivity index (χ1) is 14.5. The van der Waals surface area contributed by atoms with Crippen molar-refractivity contribution in [3.8, 4) is 0 Å². The van der Waals surface area contributed by atoms with Gasteiger partial charge in [-0.15, -0.1) is 0 Å². The molecule has 164 valence electrons. The van der Waals surface area contributed by atoms with Gasteiger partial charge in [-0.2, -0.15) is 0 Å². The molecule has 0 radical (unpaired) electrons. The van der Waals surface area contributed by atoms with Crippen molar-refractivity contribution < 1.29 is 23.8 Å². The normalized spacial score (nSPS) is 24.3. The Hall–Kier alpha value is -2.45. The van der Waals surface area contributed by atoms with Crippen LogP contribution in [0, 0.1) is 5.82 Å². The third kappa shape index (κ3) is 6.81. The van der Waals surface area contributed by atoms with Crippen LogP contribution in [0.25, 0.3) is 0 Å². The Labute approximate surface area is 176 Å². The van der Waals surface area contributed by atoms with Crippen molar-refractivity contribution in [2.45, 2.75) is 69.4 Å². The van der Waals surface area contributed by atoms with Crippen LogP contribution >= 0.6 is 0 Å². The van der Waals surface area contributed by atoms with Crippen molar-refractivity contribution in [3.05, 3.63) is 47.8 Å². The third-order valence-electron chi connectivity index (χ3n) is 5.49. The predicted molar refractivity (Wildman–Crippen MR) is 110 cm³/mol. The van der Waals surface area contributed by atoms with Gasteiger partial charge in [-0.05, 0) is 30.5 Å². The van der Waals surface area contributed by atoms with Crippen LogP contribution in [-0.2, 0) is 16.1 Å². The highest BCUT2D eigenvalue weighted by Crippen LogP contribution is 2.18. The number of amides is 3. The zero-order valence-corrected chi connectivity index (χ0v) is 17.0. The Bertz CT molecular complexity index is 734. The minimum Gasteiger partial charge on any atom is -0.394 e. The van der Waals surface area contributed by atoms with Crippen LogP contribution in [0.4, 0.5) is 9.18 Å². The van der Waals surface area contributed by atoms with Gasteiger partial charge < -0.3 is 25.8 Å². The van der Waals surface area contributed by atoms with Crippen molar-refractivity contribution in [2.75, 3.05) is 6.61 Å². The number of hydrogen-bond acceptors (Lipinski definition) is 4. The molecule has 3 atom stereocenters. The second kappa shape index (κ2) is 11.1. The van der Waals surface area contributed by atoms with E-state index in [1.54, 1.807) is 24.3 Å². The summed E-state index contributed by atoms with van der Waals surface area (Å²) in [4.78, 5) is 24.4. The van der Waals surface area contributed by atoms with E-state index in [0.717, 1.165) is 31.2 Å². The minimum atomic E-state index is -0.623. The lowest BCUT2D eigenvalue weighted by Crippen LogP contribution is -2.53. The molecule has 1 fully saturated rings. The van der Waals surface area contributed by atoms with Crippen LogP contribution in [0.5, 0.6) is 0 Å². The predicted octanol–water partition coefficient (Wildman–Crippen LogP) is 2.15. The van der Waals surface area contributed by atoms with Crippen molar-refractivity contribution in [2.24, 2.45) is 0 Å². The van der Waals surface area contributed by atoms with Crippen LogP contribution < -0.4 is 16.0 Å². The molecule has 0 spiro atoms. The number of benzene rings is 1. The highest BCUT2D eigenvalue weighted by Gasteiger charge is 2.29. The Kier molecular flexibility index (Phi) is 8.21.